The molecule has 0 aromatic heterocycles. The van der Waals surface area contributed by atoms with Crippen LogP contribution in [0.25, 0.3) is 0 Å². The normalized spacial score (nSPS) is 21.3. The van der Waals surface area contributed by atoms with Gasteiger partial charge in [0.25, 0.3) is 0 Å². The number of ether oxygens (including phenoxy) is 3. The van der Waals surface area contributed by atoms with E-state index < -0.39 is 0 Å². The molecule has 0 aliphatic carbocycles. The first-order valence-electron chi connectivity index (χ1n) is 10.8. The van der Waals surface area contributed by atoms with Gasteiger partial charge in [-0.25, -0.2) is 0 Å². The molecule has 0 spiro atoms. The molecule has 0 amide bonds. The second-order valence-corrected chi connectivity index (χ2v) is 8.51. The fourth-order valence-electron chi connectivity index (χ4n) is 4.87. The van der Waals surface area contributed by atoms with E-state index in [1.54, 1.807) is 7.11 Å². The topological polar surface area (TPSA) is 34.2 Å². The third-order valence-electron chi connectivity index (χ3n) is 6.55. The Morgan fingerprint density at radius 2 is 1.79 bits per heavy atom. The maximum absolute atomic E-state index is 5.57. The highest BCUT2D eigenvalue weighted by Crippen LogP contribution is 2.37. The van der Waals surface area contributed by atoms with Crippen molar-refractivity contribution in [3.8, 4) is 17.2 Å². The van der Waals surface area contributed by atoms with Crippen LogP contribution in [-0.4, -0.2) is 56.4 Å². The second kappa shape index (κ2) is 8.25. The first-order valence-corrected chi connectivity index (χ1v) is 10.8. The highest BCUT2D eigenvalue weighted by atomic mass is 16.7. The Hall–Kier alpha value is -2.24. The van der Waals surface area contributed by atoms with Gasteiger partial charge >= 0.3 is 0 Å². The highest BCUT2D eigenvalue weighted by Gasteiger charge is 2.27. The van der Waals surface area contributed by atoms with Crippen molar-refractivity contribution in [2.24, 2.45) is 5.92 Å². The summed E-state index contributed by atoms with van der Waals surface area (Å²) in [5.41, 5.74) is 4.23. The van der Waals surface area contributed by atoms with Crippen LogP contribution < -0.4 is 14.2 Å². The molecule has 3 aliphatic rings. The van der Waals surface area contributed by atoms with Crippen LogP contribution in [0.15, 0.2) is 36.4 Å². The predicted octanol–water partition coefficient (Wildman–Crippen LogP) is 3.35. The number of likely N-dealkylation sites (tertiary alicyclic amines) is 1. The number of hydrogen-bond donors (Lipinski definition) is 0. The average molecular weight is 395 g/mol. The molecular formula is C24H30N2O3. The lowest BCUT2D eigenvalue weighted by atomic mass is 9.97. The molecule has 1 fully saturated rings. The fraction of sp³-hybridized carbons (Fsp3) is 0.500. The number of fused-ring (bicyclic) bond motifs is 2. The quantitative estimate of drug-likeness (QED) is 0.751. The van der Waals surface area contributed by atoms with Gasteiger partial charge in [0, 0.05) is 32.7 Å². The number of benzene rings is 2. The van der Waals surface area contributed by atoms with E-state index in [0.29, 0.717) is 6.79 Å². The summed E-state index contributed by atoms with van der Waals surface area (Å²) in [6.45, 7) is 7.34. The number of methoxy groups -OCH3 is 1. The van der Waals surface area contributed by atoms with Crippen molar-refractivity contribution in [1.82, 2.24) is 9.80 Å². The summed E-state index contributed by atoms with van der Waals surface area (Å²) in [5.74, 6) is 3.54. The lowest BCUT2D eigenvalue weighted by molar-refractivity contribution is 0.174. The summed E-state index contributed by atoms with van der Waals surface area (Å²) in [7, 11) is 1.72. The van der Waals surface area contributed by atoms with Crippen LogP contribution in [0.5, 0.6) is 17.2 Å². The molecular weight excluding hydrogens is 364 g/mol. The Morgan fingerprint density at radius 1 is 1.00 bits per heavy atom. The van der Waals surface area contributed by atoms with Crippen molar-refractivity contribution >= 4 is 0 Å². The summed E-state index contributed by atoms with van der Waals surface area (Å²) in [6.07, 6.45) is 3.54. The standard InChI is InChI=1S/C24H30N2O3/c1-27-22-4-2-18(3-5-22)6-9-25-10-7-19(14-25)15-26-11-8-20-12-23-24(29-17-28-23)13-21(20)16-26/h2-5,12-13,19H,6-11,14-17H2,1H3. The molecule has 29 heavy (non-hydrogen) atoms. The Bertz CT molecular complexity index is 852. The molecule has 5 nitrogen and oxygen atoms in total. The molecule has 0 bridgehead atoms. The molecule has 0 N–H and O–H groups in total. The van der Waals surface area contributed by atoms with Crippen LogP contribution in [0.2, 0.25) is 0 Å². The Kier molecular flexibility index (Phi) is 5.34. The van der Waals surface area contributed by atoms with Crippen LogP contribution in [0.1, 0.15) is 23.1 Å². The third-order valence-corrected chi connectivity index (χ3v) is 6.55. The number of nitrogens with zero attached hydrogens (tertiary/aromatic N) is 2. The van der Waals surface area contributed by atoms with Crippen LogP contribution in [0, 0.1) is 5.92 Å². The van der Waals surface area contributed by atoms with Crippen LogP contribution in [0.4, 0.5) is 0 Å². The van der Waals surface area contributed by atoms with Gasteiger partial charge < -0.3 is 19.1 Å². The van der Waals surface area contributed by atoms with Gasteiger partial charge in [-0.3, -0.25) is 4.90 Å². The fourth-order valence-corrected chi connectivity index (χ4v) is 4.87. The van der Waals surface area contributed by atoms with Gasteiger partial charge in [0.1, 0.15) is 5.75 Å². The smallest absolute Gasteiger partial charge is 0.231 e. The van der Waals surface area contributed by atoms with Gasteiger partial charge in [-0.1, -0.05) is 12.1 Å². The van der Waals surface area contributed by atoms with Crippen LogP contribution >= 0.6 is 0 Å². The minimum atomic E-state index is 0.358. The zero-order valence-electron chi connectivity index (χ0n) is 17.2. The zero-order valence-corrected chi connectivity index (χ0v) is 17.2. The number of rotatable bonds is 6. The van der Waals surface area contributed by atoms with E-state index in [1.807, 2.05) is 0 Å². The van der Waals surface area contributed by atoms with E-state index >= 15 is 0 Å². The van der Waals surface area contributed by atoms with Crippen molar-refractivity contribution in [2.75, 3.05) is 46.6 Å². The summed E-state index contributed by atoms with van der Waals surface area (Å²) >= 11 is 0. The highest BCUT2D eigenvalue weighted by molar-refractivity contribution is 5.49. The molecule has 0 saturated carbocycles. The minimum absolute atomic E-state index is 0.358. The van der Waals surface area contributed by atoms with E-state index in [0.717, 1.165) is 55.6 Å². The van der Waals surface area contributed by atoms with Gasteiger partial charge in [0.15, 0.2) is 11.5 Å². The molecule has 2 aromatic carbocycles. The van der Waals surface area contributed by atoms with E-state index in [4.69, 9.17) is 14.2 Å². The first kappa shape index (κ1) is 18.8. The van der Waals surface area contributed by atoms with Crippen molar-refractivity contribution in [3.05, 3.63) is 53.1 Å². The van der Waals surface area contributed by atoms with Crippen LogP contribution in [-0.2, 0) is 19.4 Å². The zero-order chi connectivity index (χ0) is 19.6. The summed E-state index contributed by atoms with van der Waals surface area (Å²) in [4.78, 5) is 5.26. The monoisotopic (exact) mass is 394 g/mol. The number of hydrogen-bond acceptors (Lipinski definition) is 5. The van der Waals surface area contributed by atoms with E-state index in [-0.39, 0.29) is 0 Å². The average Bonchev–Trinajstić information content (AvgIpc) is 3.39. The second-order valence-electron chi connectivity index (χ2n) is 8.51. The molecule has 154 valence electrons. The molecule has 3 heterocycles. The SMILES string of the molecule is COc1ccc(CCN2CCC(CN3CCc4cc5c(cc4C3)OCO5)C2)cc1. The molecule has 1 atom stereocenters. The van der Waals surface area contributed by atoms with Crippen molar-refractivity contribution in [3.63, 3.8) is 0 Å². The minimum Gasteiger partial charge on any atom is -0.497 e. The molecule has 3 aliphatic heterocycles. The molecule has 5 rings (SSSR count). The lowest BCUT2D eigenvalue weighted by Crippen LogP contribution is -2.35. The predicted molar refractivity (Wildman–Crippen MR) is 113 cm³/mol. The lowest BCUT2D eigenvalue weighted by Gasteiger charge is -2.31. The van der Waals surface area contributed by atoms with Gasteiger partial charge in [-0.2, -0.15) is 0 Å². The maximum Gasteiger partial charge on any atom is 0.231 e. The van der Waals surface area contributed by atoms with Crippen molar-refractivity contribution in [2.45, 2.75) is 25.8 Å². The third kappa shape index (κ3) is 4.21. The molecule has 2 aromatic rings. The van der Waals surface area contributed by atoms with Crippen LogP contribution in [0.3, 0.4) is 0 Å². The van der Waals surface area contributed by atoms with E-state index in [1.165, 1.54) is 42.7 Å². The summed E-state index contributed by atoms with van der Waals surface area (Å²) < 4.78 is 16.3. The Balaban J connectivity index is 1.11. The van der Waals surface area contributed by atoms with Crippen molar-refractivity contribution < 1.29 is 14.2 Å². The van der Waals surface area contributed by atoms with Gasteiger partial charge in [0.05, 0.1) is 7.11 Å². The Morgan fingerprint density at radius 3 is 2.59 bits per heavy atom. The maximum atomic E-state index is 5.57. The molecule has 5 heteroatoms. The summed E-state index contributed by atoms with van der Waals surface area (Å²) in [6, 6.07) is 12.9. The first-order chi connectivity index (χ1) is 14.3. The summed E-state index contributed by atoms with van der Waals surface area (Å²) in [5, 5.41) is 0. The van der Waals surface area contributed by atoms with Gasteiger partial charge in [0.2, 0.25) is 6.79 Å². The van der Waals surface area contributed by atoms with Gasteiger partial charge in [-0.15, -0.1) is 0 Å². The van der Waals surface area contributed by atoms with Gasteiger partial charge in [-0.05, 0) is 72.7 Å². The molecule has 1 unspecified atom stereocenters. The van der Waals surface area contributed by atoms with Crippen molar-refractivity contribution in [1.29, 1.82) is 0 Å². The largest absolute Gasteiger partial charge is 0.497 e. The molecule has 0 radical (unpaired) electrons. The Labute approximate surface area is 173 Å². The van der Waals surface area contributed by atoms with E-state index in [2.05, 4.69) is 46.2 Å². The molecule has 1 saturated heterocycles. The van der Waals surface area contributed by atoms with E-state index in [9.17, 15) is 0 Å².